The highest BCUT2D eigenvalue weighted by molar-refractivity contribution is 6.32. The molecule has 1 heterocycles. The molecule has 0 saturated heterocycles. The highest BCUT2D eigenvalue weighted by atomic mass is 35.5. The van der Waals surface area contributed by atoms with Gasteiger partial charge in [0.15, 0.2) is 17.5 Å². The molecule has 0 fully saturated rings. The summed E-state index contributed by atoms with van der Waals surface area (Å²) >= 11 is 6.08. The van der Waals surface area contributed by atoms with E-state index in [0.29, 0.717) is 30.0 Å². The van der Waals surface area contributed by atoms with E-state index in [2.05, 4.69) is 0 Å². The average Bonchev–Trinajstić information content (AvgIpc) is 2.86. The third-order valence-electron chi connectivity index (χ3n) is 3.18. The molecular formula is C14H16ClNO5. The van der Waals surface area contributed by atoms with Crippen molar-refractivity contribution in [1.82, 2.24) is 4.90 Å². The van der Waals surface area contributed by atoms with Crippen LogP contribution in [0.25, 0.3) is 0 Å². The van der Waals surface area contributed by atoms with Crippen molar-refractivity contribution in [3.05, 3.63) is 22.7 Å². The fourth-order valence-corrected chi connectivity index (χ4v) is 2.58. The number of halogens is 1. The first-order valence-electron chi connectivity index (χ1n) is 6.54. The molecule has 0 spiro atoms. The van der Waals surface area contributed by atoms with Crippen molar-refractivity contribution in [3.8, 4) is 11.5 Å². The van der Waals surface area contributed by atoms with Gasteiger partial charge in [0, 0.05) is 13.5 Å². The number of carbonyl (C=O) groups excluding carboxylic acids is 1. The molecule has 1 unspecified atom stereocenters. The smallest absolute Gasteiger partial charge is 0.331 e. The van der Waals surface area contributed by atoms with E-state index in [0.717, 1.165) is 0 Å². The number of carboxylic acid groups (broad SMARTS) is 1. The van der Waals surface area contributed by atoms with Crippen LogP contribution in [0.3, 0.4) is 0 Å². The number of ether oxygens (including phenoxy) is 2. The molecule has 1 N–H and O–H groups in total. The summed E-state index contributed by atoms with van der Waals surface area (Å²) in [5.74, 6) is -0.634. The summed E-state index contributed by atoms with van der Waals surface area (Å²) in [6, 6.07) is 1.95. The topological polar surface area (TPSA) is 76.1 Å². The van der Waals surface area contributed by atoms with E-state index < -0.39 is 12.0 Å². The number of benzene rings is 1. The van der Waals surface area contributed by atoms with Crippen LogP contribution >= 0.6 is 11.6 Å². The fourth-order valence-electron chi connectivity index (χ4n) is 2.31. The Morgan fingerprint density at radius 1 is 1.43 bits per heavy atom. The first-order valence-corrected chi connectivity index (χ1v) is 6.92. The molecule has 1 aliphatic rings. The van der Waals surface area contributed by atoms with Crippen LogP contribution in [0.15, 0.2) is 12.1 Å². The molecule has 7 heteroatoms. The van der Waals surface area contributed by atoms with Gasteiger partial charge >= 0.3 is 5.97 Å². The molecule has 2 rings (SSSR count). The number of aliphatic carboxylic acids is 1. The monoisotopic (exact) mass is 313 g/mol. The molecule has 0 radical (unpaired) electrons. The molecule has 0 bridgehead atoms. The summed E-state index contributed by atoms with van der Waals surface area (Å²) in [5, 5.41) is 9.77. The lowest BCUT2D eigenvalue weighted by Gasteiger charge is -2.28. The minimum atomic E-state index is -1.12. The lowest BCUT2D eigenvalue weighted by molar-refractivity contribution is -0.149. The molecule has 1 atom stereocenters. The highest BCUT2D eigenvalue weighted by Crippen LogP contribution is 2.41. The number of carboxylic acids is 1. The van der Waals surface area contributed by atoms with E-state index in [9.17, 15) is 14.7 Å². The third kappa shape index (κ3) is 3.05. The Morgan fingerprint density at radius 3 is 2.71 bits per heavy atom. The molecule has 0 aromatic heterocycles. The number of hydrogen-bond acceptors (Lipinski definition) is 4. The first kappa shape index (κ1) is 15.4. The quantitative estimate of drug-likeness (QED) is 0.903. The lowest BCUT2D eigenvalue weighted by Crippen LogP contribution is -2.38. The van der Waals surface area contributed by atoms with Crippen LogP contribution in [0.4, 0.5) is 0 Å². The van der Waals surface area contributed by atoms with Gasteiger partial charge in [-0.25, -0.2) is 4.79 Å². The summed E-state index contributed by atoms with van der Waals surface area (Å²) < 4.78 is 10.4. The van der Waals surface area contributed by atoms with Gasteiger partial charge in [0.1, 0.15) is 0 Å². The molecule has 0 saturated carbocycles. The van der Waals surface area contributed by atoms with E-state index in [4.69, 9.17) is 21.1 Å². The van der Waals surface area contributed by atoms with Crippen LogP contribution in [-0.4, -0.2) is 35.2 Å². The van der Waals surface area contributed by atoms with Gasteiger partial charge in [-0.2, -0.15) is 0 Å². The predicted molar refractivity (Wildman–Crippen MR) is 75.6 cm³/mol. The molecule has 6 nitrogen and oxygen atoms in total. The van der Waals surface area contributed by atoms with Crippen LogP contribution in [-0.2, 0) is 9.59 Å². The van der Waals surface area contributed by atoms with Gasteiger partial charge in [-0.3, -0.25) is 4.79 Å². The molecule has 1 aliphatic heterocycles. The van der Waals surface area contributed by atoms with Crippen LogP contribution in [0.5, 0.6) is 11.5 Å². The normalized spacial score (nSPS) is 13.9. The summed E-state index contributed by atoms with van der Waals surface area (Å²) in [4.78, 5) is 24.7. The zero-order chi connectivity index (χ0) is 15.6. The molecule has 0 aliphatic carbocycles. The predicted octanol–water partition coefficient (Wildman–Crippen LogP) is 2.45. The average molecular weight is 314 g/mol. The van der Waals surface area contributed by atoms with E-state index in [-0.39, 0.29) is 17.7 Å². The second kappa shape index (κ2) is 6.22. The Morgan fingerprint density at radius 2 is 2.14 bits per heavy atom. The Balaban J connectivity index is 2.45. The summed E-state index contributed by atoms with van der Waals surface area (Å²) in [7, 11) is 0. The molecule has 114 valence electrons. The molecule has 1 aromatic carbocycles. The Bertz CT molecular complexity index is 575. The van der Waals surface area contributed by atoms with Crippen molar-refractivity contribution in [3.63, 3.8) is 0 Å². The maximum absolute atomic E-state index is 11.7. The maximum atomic E-state index is 11.7. The van der Waals surface area contributed by atoms with Crippen LogP contribution in [0.2, 0.25) is 5.02 Å². The number of amides is 1. The second-order valence-corrected chi connectivity index (χ2v) is 5.10. The molecular weight excluding hydrogens is 298 g/mol. The van der Waals surface area contributed by atoms with Crippen LogP contribution < -0.4 is 9.47 Å². The number of fused-ring (bicyclic) bond motifs is 1. The largest absolute Gasteiger partial charge is 0.479 e. The summed E-state index contributed by atoms with van der Waals surface area (Å²) in [5.41, 5.74) is 0.389. The van der Waals surface area contributed by atoms with Gasteiger partial charge in [0.25, 0.3) is 0 Å². The summed E-state index contributed by atoms with van der Waals surface area (Å²) in [6.45, 7) is 3.61. The summed E-state index contributed by atoms with van der Waals surface area (Å²) in [6.07, 6.45) is 0.654. The van der Waals surface area contributed by atoms with Crippen LogP contribution in [0.1, 0.15) is 31.9 Å². The minimum absolute atomic E-state index is 0.0433. The van der Waals surface area contributed by atoms with Crippen molar-refractivity contribution in [2.45, 2.75) is 26.3 Å². The second-order valence-electron chi connectivity index (χ2n) is 4.69. The zero-order valence-corrected chi connectivity index (χ0v) is 12.5. The van der Waals surface area contributed by atoms with Gasteiger partial charge in [0.2, 0.25) is 12.7 Å². The third-order valence-corrected chi connectivity index (χ3v) is 3.46. The molecule has 1 aromatic rings. The van der Waals surface area contributed by atoms with Gasteiger partial charge < -0.3 is 19.5 Å². The van der Waals surface area contributed by atoms with Crippen molar-refractivity contribution < 1.29 is 24.2 Å². The van der Waals surface area contributed by atoms with Crippen molar-refractivity contribution in [2.24, 2.45) is 0 Å². The van der Waals surface area contributed by atoms with Crippen molar-refractivity contribution >= 4 is 23.5 Å². The highest BCUT2D eigenvalue weighted by Gasteiger charge is 2.31. The standard InChI is InChI=1S/C14H16ClNO5/c1-3-4-16(8(2)17)12(14(18)19)9-5-10(15)13-11(6-9)20-7-21-13/h5-6,12H,3-4,7H2,1-2H3,(H,18,19). The molecule has 1 amide bonds. The molecule has 21 heavy (non-hydrogen) atoms. The van der Waals surface area contributed by atoms with Crippen molar-refractivity contribution in [1.29, 1.82) is 0 Å². The number of hydrogen-bond donors (Lipinski definition) is 1. The number of nitrogens with zero attached hydrogens (tertiary/aromatic N) is 1. The SMILES string of the molecule is CCCN(C(C)=O)C(C(=O)O)c1cc(Cl)c2c(c1)OCO2. The van der Waals surface area contributed by atoms with E-state index in [1.54, 1.807) is 6.07 Å². The van der Waals surface area contributed by atoms with Crippen LogP contribution in [0, 0.1) is 0 Å². The first-order chi connectivity index (χ1) is 9.95. The van der Waals surface area contributed by atoms with Crippen molar-refractivity contribution in [2.75, 3.05) is 13.3 Å². The Kier molecular flexibility index (Phi) is 4.57. The number of carbonyl (C=O) groups is 2. The van der Waals surface area contributed by atoms with Gasteiger partial charge in [-0.05, 0) is 24.1 Å². The number of rotatable bonds is 5. The minimum Gasteiger partial charge on any atom is -0.479 e. The van der Waals surface area contributed by atoms with Gasteiger partial charge in [0.05, 0.1) is 5.02 Å². The van der Waals surface area contributed by atoms with Gasteiger partial charge in [-0.1, -0.05) is 18.5 Å². The van der Waals surface area contributed by atoms with Gasteiger partial charge in [-0.15, -0.1) is 0 Å². The Labute approximate surface area is 127 Å². The zero-order valence-electron chi connectivity index (χ0n) is 11.8. The Hall–Kier alpha value is -1.95. The lowest BCUT2D eigenvalue weighted by atomic mass is 10.0. The fraction of sp³-hybridized carbons (Fsp3) is 0.429. The van der Waals surface area contributed by atoms with E-state index in [1.165, 1.54) is 17.9 Å². The van der Waals surface area contributed by atoms with E-state index in [1.807, 2.05) is 6.92 Å². The maximum Gasteiger partial charge on any atom is 0.331 e. The van der Waals surface area contributed by atoms with E-state index >= 15 is 0 Å².